The van der Waals surface area contributed by atoms with Crippen molar-refractivity contribution < 1.29 is 9.47 Å². The summed E-state index contributed by atoms with van der Waals surface area (Å²) in [6.07, 6.45) is 9.35. The first-order chi connectivity index (χ1) is 27.8. The highest BCUT2D eigenvalue weighted by Gasteiger charge is 2.47. The van der Waals surface area contributed by atoms with Crippen molar-refractivity contribution in [3.05, 3.63) is 165 Å². The minimum atomic E-state index is -0.564. The maximum atomic E-state index is 7.04. The molecule has 6 aromatic rings. The number of ether oxygens (including phenoxy) is 2. The quantitative estimate of drug-likeness (QED) is 0.0963. The molecule has 57 heavy (non-hydrogen) atoms. The third-order valence-corrected chi connectivity index (χ3v) is 11.7. The number of fused-ring (bicyclic) bond motifs is 3. The summed E-state index contributed by atoms with van der Waals surface area (Å²) in [5.41, 5.74) is 28.5. The monoisotopic (exact) mass is 756 g/mol. The van der Waals surface area contributed by atoms with Gasteiger partial charge in [-0.15, -0.1) is 0 Å². The number of hydrogen-bond acceptors (Lipinski definition) is 4. The molecule has 4 N–H and O–H groups in total. The van der Waals surface area contributed by atoms with Crippen LogP contribution in [0.2, 0.25) is 0 Å². The highest BCUT2D eigenvalue weighted by atomic mass is 16.5. The number of rotatable bonds is 16. The highest BCUT2D eigenvalue weighted by molar-refractivity contribution is 5.86. The highest BCUT2D eigenvalue weighted by Crippen LogP contribution is 2.58. The molecule has 0 aromatic heterocycles. The van der Waals surface area contributed by atoms with E-state index >= 15 is 0 Å². The van der Waals surface area contributed by atoms with Gasteiger partial charge >= 0.3 is 0 Å². The van der Waals surface area contributed by atoms with Gasteiger partial charge < -0.3 is 20.9 Å². The van der Waals surface area contributed by atoms with Crippen LogP contribution in [-0.4, -0.2) is 0 Å². The van der Waals surface area contributed by atoms with E-state index in [2.05, 4.69) is 126 Å². The molecule has 0 spiro atoms. The van der Waals surface area contributed by atoms with Crippen molar-refractivity contribution in [1.82, 2.24) is 0 Å². The summed E-state index contributed by atoms with van der Waals surface area (Å²) in [5, 5.41) is 0. The fourth-order valence-electron chi connectivity index (χ4n) is 9.22. The summed E-state index contributed by atoms with van der Waals surface area (Å²) >= 11 is 0. The molecule has 294 valence electrons. The van der Waals surface area contributed by atoms with E-state index in [-0.39, 0.29) is 0 Å². The summed E-state index contributed by atoms with van der Waals surface area (Å²) < 4.78 is 14.1. The van der Waals surface area contributed by atoms with Crippen molar-refractivity contribution in [2.75, 3.05) is 11.5 Å². The van der Waals surface area contributed by atoms with Crippen molar-refractivity contribution >= 4 is 11.4 Å². The largest absolute Gasteiger partial charge is 0.457 e. The first kappa shape index (κ1) is 39.7. The molecule has 0 radical (unpaired) electrons. The molecule has 7 rings (SSSR count). The smallest absolute Gasteiger partial charge is 0.133 e. The van der Waals surface area contributed by atoms with E-state index in [9.17, 15) is 0 Å². The van der Waals surface area contributed by atoms with Gasteiger partial charge in [-0.3, -0.25) is 0 Å². The van der Waals surface area contributed by atoms with Gasteiger partial charge in [0.2, 0.25) is 0 Å². The van der Waals surface area contributed by atoms with Crippen LogP contribution < -0.4 is 20.9 Å². The molecule has 4 nitrogen and oxygen atoms in total. The zero-order valence-corrected chi connectivity index (χ0v) is 34.9. The maximum absolute atomic E-state index is 7.04. The lowest BCUT2D eigenvalue weighted by molar-refractivity contribution is 0.462. The van der Waals surface area contributed by atoms with Crippen LogP contribution in [-0.2, 0) is 43.9 Å². The van der Waals surface area contributed by atoms with Crippen LogP contribution in [0.4, 0.5) is 11.4 Å². The first-order valence-electron chi connectivity index (χ1n) is 21.4. The summed E-state index contributed by atoms with van der Waals surface area (Å²) in [4.78, 5) is 0. The number of nitrogens with two attached hydrogens (primary N) is 2. The van der Waals surface area contributed by atoms with Crippen LogP contribution in [0.25, 0.3) is 11.1 Å². The van der Waals surface area contributed by atoms with Crippen LogP contribution in [0.1, 0.15) is 123 Å². The van der Waals surface area contributed by atoms with Crippen molar-refractivity contribution in [3.8, 4) is 34.1 Å². The molecule has 0 saturated heterocycles. The zero-order valence-electron chi connectivity index (χ0n) is 34.9. The lowest BCUT2D eigenvalue weighted by Gasteiger charge is -2.36. The molecular formula is C53H60N2O2. The second-order valence-corrected chi connectivity index (χ2v) is 15.7. The Balaban J connectivity index is 1.54. The molecule has 0 saturated carbocycles. The average molecular weight is 757 g/mol. The third-order valence-electron chi connectivity index (χ3n) is 11.7. The number of benzene rings is 6. The molecule has 0 atom stereocenters. The van der Waals surface area contributed by atoms with Crippen LogP contribution in [0, 0.1) is 0 Å². The van der Waals surface area contributed by atoms with E-state index in [1.165, 1.54) is 55.6 Å². The SMILES string of the molecule is CCCc1cc(C2(c3cc(CCC)c(Oc4ccc(N)cc4CC)c(CCC)c3)c3ccccc3-c3ccccc32)cc(CCC)c1Oc1ccc(N)cc1CC. The Hall–Kier alpha value is -5.48. The standard InChI is InChI=1S/C53H60N2O2/c1-7-17-37-29-41(30-38(18-8-2)51(37)56-49-27-25-43(54)33-35(49)11-5)53(47-23-15-13-21-45(47)46-22-14-16-24-48(46)53)42-31-39(19-9-3)52(40(32-42)20-10-4)57-50-28-26-44(55)34-36(50)12-6/h13-16,21-34H,7-12,17-20,54-55H2,1-6H3. The van der Waals surface area contributed by atoms with Gasteiger partial charge in [-0.05, 0) is 142 Å². The molecular weight excluding hydrogens is 697 g/mol. The average Bonchev–Trinajstić information content (AvgIpc) is 3.52. The van der Waals surface area contributed by atoms with Crippen LogP contribution in [0.5, 0.6) is 23.0 Å². The second-order valence-electron chi connectivity index (χ2n) is 15.7. The Bertz CT molecular complexity index is 2150. The van der Waals surface area contributed by atoms with E-state index in [1.54, 1.807) is 0 Å². The van der Waals surface area contributed by atoms with Gasteiger partial charge in [-0.2, -0.15) is 0 Å². The van der Waals surface area contributed by atoms with Crippen molar-refractivity contribution in [1.29, 1.82) is 0 Å². The van der Waals surface area contributed by atoms with Crippen molar-refractivity contribution in [2.45, 2.75) is 111 Å². The number of aryl methyl sites for hydroxylation is 6. The number of nitrogen functional groups attached to an aromatic ring is 2. The second kappa shape index (κ2) is 17.3. The summed E-state index contributed by atoms with van der Waals surface area (Å²) in [7, 11) is 0. The molecule has 4 heteroatoms. The van der Waals surface area contributed by atoms with Gasteiger partial charge in [0.15, 0.2) is 0 Å². The molecule has 0 heterocycles. The molecule has 0 unspecified atom stereocenters. The van der Waals surface area contributed by atoms with Gasteiger partial charge in [0.05, 0.1) is 5.41 Å². The molecule has 0 bridgehead atoms. The lowest BCUT2D eigenvalue weighted by Crippen LogP contribution is -2.29. The predicted octanol–water partition coefficient (Wildman–Crippen LogP) is 13.7. The fraction of sp³-hybridized carbons (Fsp3) is 0.321. The van der Waals surface area contributed by atoms with Gasteiger partial charge in [0.1, 0.15) is 23.0 Å². The van der Waals surface area contributed by atoms with Gasteiger partial charge in [-0.1, -0.05) is 140 Å². The molecule has 0 fully saturated rings. The van der Waals surface area contributed by atoms with E-state index in [4.69, 9.17) is 20.9 Å². The Kier molecular flexibility index (Phi) is 12.1. The summed E-state index contributed by atoms with van der Waals surface area (Å²) in [6, 6.07) is 40.2. The van der Waals surface area contributed by atoms with Crippen LogP contribution in [0.15, 0.2) is 109 Å². The topological polar surface area (TPSA) is 70.5 Å². The van der Waals surface area contributed by atoms with Gasteiger partial charge in [0, 0.05) is 11.4 Å². The molecule has 1 aliphatic rings. The third kappa shape index (κ3) is 7.43. The van der Waals surface area contributed by atoms with Crippen molar-refractivity contribution in [2.24, 2.45) is 0 Å². The van der Waals surface area contributed by atoms with E-state index in [1.807, 2.05) is 24.3 Å². The van der Waals surface area contributed by atoms with Crippen LogP contribution >= 0.6 is 0 Å². The predicted molar refractivity (Wildman–Crippen MR) is 240 cm³/mol. The molecule has 1 aliphatic carbocycles. The summed E-state index contributed by atoms with van der Waals surface area (Å²) in [6.45, 7) is 13.4. The van der Waals surface area contributed by atoms with Gasteiger partial charge in [0.25, 0.3) is 0 Å². The van der Waals surface area contributed by atoms with E-state index < -0.39 is 5.41 Å². The zero-order chi connectivity index (χ0) is 40.1. The van der Waals surface area contributed by atoms with Crippen molar-refractivity contribution in [3.63, 3.8) is 0 Å². The molecule has 0 amide bonds. The lowest BCUT2D eigenvalue weighted by atomic mass is 9.66. The molecule has 0 aliphatic heterocycles. The Labute approximate surface area is 341 Å². The van der Waals surface area contributed by atoms with E-state index in [0.29, 0.717) is 0 Å². The minimum Gasteiger partial charge on any atom is -0.457 e. The van der Waals surface area contributed by atoms with Gasteiger partial charge in [-0.25, -0.2) is 0 Å². The Morgan fingerprint density at radius 2 is 0.772 bits per heavy atom. The normalized spacial score (nSPS) is 12.7. The Morgan fingerprint density at radius 3 is 1.11 bits per heavy atom. The Morgan fingerprint density at radius 1 is 0.421 bits per heavy atom. The maximum Gasteiger partial charge on any atom is 0.133 e. The number of hydrogen-bond donors (Lipinski definition) is 2. The minimum absolute atomic E-state index is 0.564. The first-order valence-corrected chi connectivity index (χ1v) is 21.4. The fourth-order valence-corrected chi connectivity index (χ4v) is 9.22. The number of anilines is 2. The summed E-state index contributed by atoms with van der Waals surface area (Å²) in [5.74, 6) is 3.76. The molecule has 6 aromatic carbocycles. The van der Waals surface area contributed by atoms with Crippen LogP contribution in [0.3, 0.4) is 0 Å². The van der Waals surface area contributed by atoms with E-state index in [0.717, 1.165) is 110 Å².